The van der Waals surface area contributed by atoms with Crippen LogP contribution >= 0.6 is 0 Å². The second-order valence-corrected chi connectivity index (χ2v) is 9.56. The van der Waals surface area contributed by atoms with Crippen molar-refractivity contribution >= 4 is 23.4 Å². The molecule has 0 saturated carbocycles. The molecule has 2 bridgehead atoms. The maximum atomic E-state index is 9.91. The number of hydrogen-bond donors (Lipinski definition) is 4. The van der Waals surface area contributed by atoms with Crippen LogP contribution in [0.5, 0.6) is 0 Å². The average molecular weight is 452 g/mol. The maximum absolute atomic E-state index is 9.91. The van der Waals surface area contributed by atoms with Crippen LogP contribution in [0.1, 0.15) is 50.6 Å². The Morgan fingerprint density at radius 3 is 2.55 bits per heavy atom. The van der Waals surface area contributed by atoms with Crippen molar-refractivity contribution in [1.82, 2.24) is 25.1 Å². The first-order chi connectivity index (χ1) is 16.1. The molecule has 10 nitrogen and oxygen atoms in total. The van der Waals surface area contributed by atoms with Gasteiger partial charge in [-0.1, -0.05) is 0 Å². The zero-order valence-electron chi connectivity index (χ0n) is 19.2. The van der Waals surface area contributed by atoms with Crippen molar-refractivity contribution in [3.63, 3.8) is 0 Å². The molecule has 2 aromatic heterocycles. The Hall–Kier alpha value is -2.90. The van der Waals surface area contributed by atoms with Gasteiger partial charge < -0.3 is 20.6 Å². The summed E-state index contributed by atoms with van der Waals surface area (Å²) in [7, 11) is 0. The summed E-state index contributed by atoms with van der Waals surface area (Å²) in [6, 6.07) is 7.58. The molecular formula is C23H33N9O. The molecule has 0 aliphatic carbocycles. The Kier molecular flexibility index (Phi) is 6.33. The molecule has 2 aromatic rings. The standard InChI is InChI=1S/C23H33N9O/c1-15-11-21(30-29-15)26-20-14-22(31-9-5-19(33)6-10-31)28-23(27-20)25-16-12-17-3-4-18(13-16)32(17)8-2-7-24/h11,14,16-19,33H,2-6,8-10,12-13H2,1H3,(H3,25,26,27,28,29,30)/t16?,17-,18+. The molecule has 3 saturated heterocycles. The third-order valence-electron chi connectivity index (χ3n) is 7.16. The van der Waals surface area contributed by atoms with Crippen LogP contribution < -0.4 is 15.5 Å². The number of aromatic amines is 1. The highest BCUT2D eigenvalue weighted by atomic mass is 16.3. The van der Waals surface area contributed by atoms with E-state index in [4.69, 9.17) is 15.2 Å². The highest BCUT2D eigenvalue weighted by molar-refractivity contribution is 5.60. The number of aliphatic hydroxyl groups excluding tert-OH is 1. The number of nitrogens with one attached hydrogen (secondary N) is 3. The molecule has 5 rings (SSSR count). The SMILES string of the molecule is Cc1cc(Nc2cc(N3CCC(O)CC3)nc(NC3C[C@H]4CC[C@@H](C3)N4CCC#N)n2)n[nH]1. The van der Waals surface area contributed by atoms with Crippen LogP contribution in [0, 0.1) is 18.3 Å². The van der Waals surface area contributed by atoms with E-state index in [1.165, 1.54) is 12.8 Å². The van der Waals surface area contributed by atoms with Crippen LogP contribution in [-0.4, -0.2) is 74.0 Å². The van der Waals surface area contributed by atoms with E-state index in [0.29, 0.717) is 36.3 Å². The quantitative estimate of drug-likeness (QED) is 0.502. The summed E-state index contributed by atoms with van der Waals surface area (Å²) in [4.78, 5) is 14.4. The molecule has 10 heteroatoms. The van der Waals surface area contributed by atoms with Gasteiger partial charge in [-0.05, 0) is 45.4 Å². The molecular weight excluding hydrogens is 418 g/mol. The second-order valence-electron chi connectivity index (χ2n) is 9.56. The van der Waals surface area contributed by atoms with Crippen molar-refractivity contribution in [2.75, 3.05) is 35.2 Å². The minimum Gasteiger partial charge on any atom is -0.393 e. The molecule has 33 heavy (non-hydrogen) atoms. The molecule has 3 fully saturated rings. The lowest BCUT2D eigenvalue weighted by Crippen LogP contribution is -2.47. The molecule has 3 aliphatic rings. The lowest BCUT2D eigenvalue weighted by Gasteiger charge is -2.39. The van der Waals surface area contributed by atoms with Crippen molar-refractivity contribution < 1.29 is 5.11 Å². The van der Waals surface area contributed by atoms with Gasteiger partial charge in [0.05, 0.1) is 12.2 Å². The van der Waals surface area contributed by atoms with Gasteiger partial charge in [0.1, 0.15) is 11.6 Å². The fourth-order valence-electron chi connectivity index (χ4n) is 5.55. The molecule has 0 amide bonds. The van der Waals surface area contributed by atoms with Gasteiger partial charge in [-0.3, -0.25) is 10.00 Å². The summed E-state index contributed by atoms with van der Waals surface area (Å²) in [5, 5.41) is 33.0. The number of rotatable bonds is 7. The predicted molar refractivity (Wildman–Crippen MR) is 126 cm³/mol. The van der Waals surface area contributed by atoms with Crippen LogP contribution in [0.2, 0.25) is 0 Å². The number of H-pyrrole nitrogens is 1. The largest absolute Gasteiger partial charge is 0.393 e. The zero-order chi connectivity index (χ0) is 22.8. The first kappa shape index (κ1) is 21.9. The van der Waals surface area contributed by atoms with Crippen LogP contribution in [0.15, 0.2) is 12.1 Å². The van der Waals surface area contributed by atoms with Crippen LogP contribution in [0.25, 0.3) is 0 Å². The smallest absolute Gasteiger partial charge is 0.226 e. The van der Waals surface area contributed by atoms with Gasteiger partial charge in [0, 0.05) is 62.0 Å². The van der Waals surface area contributed by atoms with E-state index in [1.807, 2.05) is 19.1 Å². The van der Waals surface area contributed by atoms with Gasteiger partial charge >= 0.3 is 0 Å². The number of nitriles is 1. The monoisotopic (exact) mass is 451 g/mol. The summed E-state index contributed by atoms with van der Waals surface area (Å²) < 4.78 is 0. The predicted octanol–water partition coefficient (Wildman–Crippen LogP) is 2.53. The van der Waals surface area contributed by atoms with E-state index in [-0.39, 0.29) is 6.10 Å². The van der Waals surface area contributed by atoms with Crippen molar-refractivity contribution in [3.05, 3.63) is 17.8 Å². The molecule has 1 unspecified atom stereocenters. The minimum absolute atomic E-state index is 0.230. The van der Waals surface area contributed by atoms with E-state index in [0.717, 1.165) is 62.6 Å². The summed E-state index contributed by atoms with van der Waals surface area (Å²) in [5.41, 5.74) is 0.980. The molecule has 0 spiro atoms. The lowest BCUT2D eigenvalue weighted by atomic mass is 9.97. The number of fused-ring (bicyclic) bond motifs is 2. The molecule has 4 N–H and O–H groups in total. The van der Waals surface area contributed by atoms with Crippen molar-refractivity contribution in [3.8, 4) is 6.07 Å². The molecule has 3 atom stereocenters. The average Bonchev–Trinajstić information content (AvgIpc) is 3.31. The third kappa shape index (κ3) is 5.04. The fourth-order valence-corrected chi connectivity index (χ4v) is 5.55. The van der Waals surface area contributed by atoms with Gasteiger partial charge in [-0.2, -0.15) is 20.3 Å². The molecule has 3 aliphatic heterocycles. The van der Waals surface area contributed by atoms with Gasteiger partial charge in [0.2, 0.25) is 5.95 Å². The number of piperidine rings is 2. The number of aryl methyl sites for hydroxylation is 1. The Balaban J connectivity index is 1.33. The third-order valence-corrected chi connectivity index (χ3v) is 7.16. The van der Waals surface area contributed by atoms with Gasteiger partial charge in [0.15, 0.2) is 5.82 Å². The Bertz CT molecular complexity index is 980. The van der Waals surface area contributed by atoms with Crippen molar-refractivity contribution in [2.24, 2.45) is 0 Å². The highest BCUT2D eigenvalue weighted by Crippen LogP contribution is 2.37. The van der Waals surface area contributed by atoms with Crippen LogP contribution in [0.4, 0.5) is 23.4 Å². The molecule has 5 heterocycles. The van der Waals surface area contributed by atoms with E-state index < -0.39 is 0 Å². The minimum atomic E-state index is -0.230. The van der Waals surface area contributed by atoms with E-state index in [2.05, 4.69) is 36.7 Å². The van der Waals surface area contributed by atoms with Crippen LogP contribution in [0.3, 0.4) is 0 Å². The number of aromatic nitrogens is 4. The first-order valence-electron chi connectivity index (χ1n) is 12.1. The summed E-state index contributed by atoms with van der Waals surface area (Å²) in [6.07, 6.45) is 6.37. The maximum Gasteiger partial charge on any atom is 0.226 e. The topological polar surface area (TPSA) is 129 Å². The second kappa shape index (κ2) is 9.53. The number of aliphatic hydroxyl groups is 1. The van der Waals surface area contributed by atoms with E-state index in [1.54, 1.807) is 0 Å². The molecule has 176 valence electrons. The van der Waals surface area contributed by atoms with Gasteiger partial charge in [0.25, 0.3) is 0 Å². The Labute approximate surface area is 194 Å². The van der Waals surface area contributed by atoms with Gasteiger partial charge in [-0.25, -0.2) is 0 Å². The van der Waals surface area contributed by atoms with Crippen molar-refractivity contribution in [1.29, 1.82) is 5.26 Å². The summed E-state index contributed by atoms with van der Waals surface area (Å²) in [6.45, 7) is 4.40. The van der Waals surface area contributed by atoms with E-state index >= 15 is 0 Å². The van der Waals surface area contributed by atoms with E-state index in [9.17, 15) is 5.11 Å². The number of nitrogens with zero attached hydrogens (tertiary/aromatic N) is 6. The summed E-state index contributed by atoms with van der Waals surface area (Å²) >= 11 is 0. The number of anilines is 4. The Morgan fingerprint density at radius 2 is 1.88 bits per heavy atom. The Morgan fingerprint density at radius 1 is 1.12 bits per heavy atom. The first-order valence-corrected chi connectivity index (χ1v) is 12.1. The molecule has 0 radical (unpaired) electrons. The number of hydrogen-bond acceptors (Lipinski definition) is 9. The van der Waals surface area contributed by atoms with Crippen molar-refractivity contribution in [2.45, 2.75) is 76.1 Å². The molecule has 0 aromatic carbocycles. The van der Waals surface area contributed by atoms with Gasteiger partial charge in [-0.15, -0.1) is 0 Å². The van der Waals surface area contributed by atoms with Crippen LogP contribution in [-0.2, 0) is 0 Å². The summed E-state index contributed by atoms with van der Waals surface area (Å²) in [5.74, 6) is 2.92. The highest BCUT2D eigenvalue weighted by Gasteiger charge is 2.40. The lowest BCUT2D eigenvalue weighted by molar-refractivity contribution is 0.135. The zero-order valence-corrected chi connectivity index (χ0v) is 19.2. The fraction of sp³-hybridized carbons (Fsp3) is 0.652. The normalized spacial score (nSPS) is 25.7.